The number of nitrogens with zero attached hydrogens (tertiary/aromatic N) is 1. The van der Waals surface area contributed by atoms with E-state index in [0.717, 1.165) is 19.4 Å². The lowest BCUT2D eigenvalue weighted by Crippen LogP contribution is -2.25. The van der Waals surface area contributed by atoms with Crippen LogP contribution in [0.25, 0.3) is 0 Å². The average Bonchev–Trinajstić information content (AvgIpc) is 2.13. The number of hydrogen-bond acceptors (Lipinski definition) is 3. The summed E-state index contributed by atoms with van der Waals surface area (Å²) < 4.78 is 0. The van der Waals surface area contributed by atoms with Gasteiger partial charge in [-0.2, -0.15) is 5.26 Å². The lowest BCUT2D eigenvalue weighted by Gasteiger charge is -2.02. The Balaban J connectivity index is 3.16. The van der Waals surface area contributed by atoms with E-state index in [-0.39, 0.29) is 5.91 Å². The summed E-state index contributed by atoms with van der Waals surface area (Å²) in [5.41, 5.74) is 0. The summed E-state index contributed by atoms with van der Waals surface area (Å²) in [7, 11) is 1.87. The smallest absolute Gasteiger partial charge is 0.220 e. The molecule has 0 aliphatic heterocycles. The molecule has 4 heteroatoms. The van der Waals surface area contributed by atoms with Crippen molar-refractivity contribution in [2.24, 2.45) is 0 Å². The third-order valence-electron chi connectivity index (χ3n) is 1.62. The van der Waals surface area contributed by atoms with Crippen LogP contribution in [-0.2, 0) is 4.79 Å². The SMILES string of the molecule is CNCCCC(=O)NCCCC#N. The zero-order valence-corrected chi connectivity index (χ0v) is 8.10. The number of carbonyl (C=O) groups is 1. The first-order chi connectivity index (χ1) is 6.31. The van der Waals surface area contributed by atoms with E-state index >= 15 is 0 Å². The van der Waals surface area contributed by atoms with Gasteiger partial charge >= 0.3 is 0 Å². The van der Waals surface area contributed by atoms with Crippen LogP contribution >= 0.6 is 0 Å². The van der Waals surface area contributed by atoms with Crippen LogP contribution in [0.2, 0.25) is 0 Å². The molecule has 0 unspecified atom stereocenters. The van der Waals surface area contributed by atoms with Crippen LogP contribution in [-0.4, -0.2) is 26.0 Å². The fourth-order valence-electron chi connectivity index (χ4n) is 0.909. The van der Waals surface area contributed by atoms with Crippen molar-refractivity contribution < 1.29 is 4.79 Å². The normalized spacial score (nSPS) is 9.23. The van der Waals surface area contributed by atoms with E-state index in [4.69, 9.17) is 5.26 Å². The van der Waals surface area contributed by atoms with Crippen LogP contribution in [0.5, 0.6) is 0 Å². The Hall–Kier alpha value is -1.08. The molecule has 0 aromatic heterocycles. The van der Waals surface area contributed by atoms with Gasteiger partial charge in [-0.1, -0.05) is 0 Å². The molecule has 0 aliphatic rings. The van der Waals surface area contributed by atoms with Crippen molar-refractivity contribution in [1.82, 2.24) is 10.6 Å². The Morgan fingerprint density at radius 2 is 2.15 bits per heavy atom. The van der Waals surface area contributed by atoms with Gasteiger partial charge in [-0.05, 0) is 26.4 Å². The summed E-state index contributed by atoms with van der Waals surface area (Å²) in [6.45, 7) is 1.48. The summed E-state index contributed by atoms with van der Waals surface area (Å²) in [4.78, 5) is 11.1. The van der Waals surface area contributed by atoms with Crippen LogP contribution in [0.3, 0.4) is 0 Å². The summed E-state index contributed by atoms with van der Waals surface area (Å²) in [5.74, 6) is 0.0770. The van der Waals surface area contributed by atoms with Crippen molar-refractivity contribution in [3.8, 4) is 6.07 Å². The highest BCUT2D eigenvalue weighted by Gasteiger charge is 1.98. The van der Waals surface area contributed by atoms with Crippen LogP contribution in [0, 0.1) is 11.3 Å². The van der Waals surface area contributed by atoms with Crippen LogP contribution in [0.1, 0.15) is 25.7 Å². The van der Waals surface area contributed by atoms with Gasteiger partial charge in [0.05, 0.1) is 6.07 Å². The lowest BCUT2D eigenvalue weighted by molar-refractivity contribution is -0.121. The van der Waals surface area contributed by atoms with Crippen LogP contribution in [0.4, 0.5) is 0 Å². The molecule has 0 rings (SSSR count). The molecule has 1 amide bonds. The molecule has 0 fully saturated rings. The standard InChI is InChI=1S/C9H17N3O/c1-11-7-4-5-9(13)12-8-3-2-6-10/h11H,2-5,7-8H2,1H3,(H,12,13). The predicted molar refractivity (Wildman–Crippen MR) is 51.0 cm³/mol. The van der Waals surface area contributed by atoms with Crippen molar-refractivity contribution in [1.29, 1.82) is 5.26 Å². The number of amides is 1. The van der Waals surface area contributed by atoms with E-state index < -0.39 is 0 Å². The minimum atomic E-state index is 0.0770. The third kappa shape index (κ3) is 8.83. The molecule has 0 aliphatic carbocycles. The van der Waals surface area contributed by atoms with Gasteiger partial charge in [-0.3, -0.25) is 4.79 Å². The first kappa shape index (κ1) is 11.9. The molecule has 4 nitrogen and oxygen atoms in total. The second-order valence-electron chi connectivity index (χ2n) is 2.82. The second kappa shape index (κ2) is 9.01. The van der Waals surface area contributed by atoms with Gasteiger partial charge in [-0.15, -0.1) is 0 Å². The largest absolute Gasteiger partial charge is 0.356 e. The van der Waals surface area contributed by atoms with Crippen molar-refractivity contribution in [3.63, 3.8) is 0 Å². The first-order valence-corrected chi connectivity index (χ1v) is 4.59. The Morgan fingerprint density at radius 3 is 2.77 bits per heavy atom. The molecule has 13 heavy (non-hydrogen) atoms. The third-order valence-corrected chi connectivity index (χ3v) is 1.62. The van der Waals surface area contributed by atoms with Gasteiger partial charge in [0, 0.05) is 19.4 Å². The molecule has 0 bridgehead atoms. The topological polar surface area (TPSA) is 64.9 Å². The molecule has 0 aromatic carbocycles. The van der Waals surface area contributed by atoms with Crippen molar-refractivity contribution in [2.75, 3.05) is 20.1 Å². The fourth-order valence-corrected chi connectivity index (χ4v) is 0.909. The lowest BCUT2D eigenvalue weighted by atomic mass is 10.3. The van der Waals surface area contributed by atoms with Gasteiger partial charge in [0.1, 0.15) is 0 Å². The number of hydrogen-bond donors (Lipinski definition) is 2. The highest BCUT2D eigenvalue weighted by atomic mass is 16.1. The molecule has 74 valence electrons. The quantitative estimate of drug-likeness (QED) is 0.562. The van der Waals surface area contributed by atoms with E-state index in [2.05, 4.69) is 10.6 Å². The molecule has 0 heterocycles. The van der Waals surface area contributed by atoms with Gasteiger partial charge in [-0.25, -0.2) is 0 Å². The first-order valence-electron chi connectivity index (χ1n) is 4.59. The predicted octanol–water partition coefficient (Wildman–Crippen LogP) is 0.406. The maximum absolute atomic E-state index is 11.1. The number of rotatable bonds is 7. The minimum Gasteiger partial charge on any atom is -0.356 e. The van der Waals surface area contributed by atoms with Crippen molar-refractivity contribution in [3.05, 3.63) is 0 Å². The Bertz CT molecular complexity index is 174. The van der Waals surface area contributed by atoms with Gasteiger partial charge in [0.2, 0.25) is 5.91 Å². The van der Waals surface area contributed by atoms with E-state index in [9.17, 15) is 4.79 Å². The van der Waals surface area contributed by atoms with E-state index in [1.54, 1.807) is 0 Å². The second-order valence-corrected chi connectivity index (χ2v) is 2.82. The average molecular weight is 183 g/mol. The maximum Gasteiger partial charge on any atom is 0.220 e. The number of unbranched alkanes of at least 4 members (excludes halogenated alkanes) is 1. The Labute approximate surface area is 79.3 Å². The fraction of sp³-hybridized carbons (Fsp3) is 0.778. The summed E-state index contributed by atoms with van der Waals surface area (Å²) in [6, 6.07) is 2.03. The Kier molecular flexibility index (Phi) is 8.26. The molecule has 0 atom stereocenters. The number of nitriles is 1. The highest BCUT2D eigenvalue weighted by Crippen LogP contribution is 1.88. The summed E-state index contributed by atoms with van der Waals surface area (Å²) in [5, 5.41) is 14.0. The van der Waals surface area contributed by atoms with Crippen molar-refractivity contribution in [2.45, 2.75) is 25.7 Å². The molecule has 0 spiro atoms. The maximum atomic E-state index is 11.1. The Morgan fingerprint density at radius 1 is 1.38 bits per heavy atom. The summed E-state index contributed by atoms with van der Waals surface area (Å²) in [6.07, 6.45) is 2.68. The molecule has 0 saturated carbocycles. The van der Waals surface area contributed by atoms with E-state index in [1.165, 1.54) is 0 Å². The van der Waals surface area contributed by atoms with E-state index in [1.807, 2.05) is 13.1 Å². The molecular formula is C9H17N3O. The molecule has 0 aromatic rings. The van der Waals surface area contributed by atoms with Crippen LogP contribution < -0.4 is 10.6 Å². The monoisotopic (exact) mass is 183 g/mol. The molecule has 2 N–H and O–H groups in total. The number of nitrogens with one attached hydrogen (secondary N) is 2. The number of carbonyl (C=O) groups excluding carboxylic acids is 1. The summed E-state index contributed by atoms with van der Waals surface area (Å²) >= 11 is 0. The zero-order chi connectivity index (χ0) is 9.94. The molecular weight excluding hydrogens is 166 g/mol. The minimum absolute atomic E-state index is 0.0770. The van der Waals surface area contributed by atoms with Gasteiger partial charge < -0.3 is 10.6 Å². The zero-order valence-electron chi connectivity index (χ0n) is 8.10. The van der Waals surface area contributed by atoms with Gasteiger partial charge in [0.25, 0.3) is 0 Å². The molecule has 0 saturated heterocycles. The molecule has 0 radical (unpaired) electrons. The van der Waals surface area contributed by atoms with Crippen LogP contribution in [0.15, 0.2) is 0 Å². The van der Waals surface area contributed by atoms with E-state index in [0.29, 0.717) is 19.4 Å². The van der Waals surface area contributed by atoms with Gasteiger partial charge in [0.15, 0.2) is 0 Å². The van der Waals surface area contributed by atoms with Crippen molar-refractivity contribution >= 4 is 5.91 Å². The highest BCUT2D eigenvalue weighted by molar-refractivity contribution is 5.75.